The molecule has 1 unspecified atom stereocenters. The standard InChI is InChI=1S/C7H14N2O4S/c1-6-2-3-9(5-6)14(12,13)8-4-7(10)11/h6,8H,2-5H2,1H3,(H,10,11). The normalized spacial score (nSPS) is 23.9. The van der Waals surface area contributed by atoms with Crippen molar-refractivity contribution in [3.63, 3.8) is 0 Å². The predicted octanol–water partition coefficient (Wildman–Crippen LogP) is -0.753. The molecule has 1 aliphatic rings. The zero-order valence-electron chi connectivity index (χ0n) is 7.93. The van der Waals surface area contributed by atoms with Crippen LogP contribution in [0.3, 0.4) is 0 Å². The molecule has 1 rings (SSSR count). The molecule has 1 atom stereocenters. The maximum Gasteiger partial charge on any atom is 0.318 e. The van der Waals surface area contributed by atoms with Crippen LogP contribution in [-0.2, 0) is 15.0 Å². The second-order valence-corrected chi connectivity index (χ2v) is 5.23. The highest BCUT2D eigenvalue weighted by molar-refractivity contribution is 7.87. The minimum atomic E-state index is -3.59. The lowest BCUT2D eigenvalue weighted by Gasteiger charge is -2.15. The number of carboxylic acid groups (broad SMARTS) is 1. The number of carbonyl (C=O) groups is 1. The van der Waals surface area contributed by atoms with E-state index in [0.717, 1.165) is 6.42 Å². The number of nitrogens with one attached hydrogen (secondary N) is 1. The van der Waals surface area contributed by atoms with Crippen molar-refractivity contribution < 1.29 is 18.3 Å². The number of rotatable bonds is 4. The minimum Gasteiger partial charge on any atom is -0.480 e. The van der Waals surface area contributed by atoms with Gasteiger partial charge in [0.1, 0.15) is 6.54 Å². The van der Waals surface area contributed by atoms with Gasteiger partial charge in [0, 0.05) is 13.1 Å². The first kappa shape index (κ1) is 11.4. The Balaban J connectivity index is 2.53. The van der Waals surface area contributed by atoms with Crippen LogP contribution in [0.2, 0.25) is 0 Å². The van der Waals surface area contributed by atoms with E-state index in [9.17, 15) is 13.2 Å². The van der Waals surface area contributed by atoms with Crippen molar-refractivity contribution in [3.8, 4) is 0 Å². The van der Waals surface area contributed by atoms with Gasteiger partial charge in [-0.15, -0.1) is 0 Å². The fourth-order valence-corrected chi connectivity index (χ4v) is 2.64. The molecule has 2 N–H and O–H groups in total. The third-order valence-corrected chi connectivity index (χ3v) is 3.65. The summed E-state index contributed by atoms with van der Waals surface area (Å²) >= 11 is 0. The summed E-state index contributed by atoms with van der Waals surface area (Å²) in [7, 11) is -3.59. The molecule has 82 valence electrons. The molecule has 0 aromatic carbocycles. The molecule has 0 aliphatic carbocycles. The monoisotopic (exact) mass is 222 g/mol. The fourth-order valence-electron chi connectivity index (χ4n) is 1.36. The van der Waals surface area contributed by atoms with Crippen LogP contribution in [0.4, 0.5) is 0 Å². The molecule has 0 amide bonds. The molecule has 0 spiro atoms. The molecule has 6 nitrogen and oxygen atoms in total. The lowest BCUT2D eigenvalue weighted by atomic mass is 10.2. The Hall–Kier alpha value is -0.660. The van der Waals surface area contributed by atoms with Crippen molar-refractivity contribution in [2.75, 3.05) is 19.6 Å². The molecular weight excluding hydrogens is 208 g/mol. The van der Waals surface area contributed by atoms with E-state index in [1.54, 1.807) is 0 Å². The lowest BCUT2D eigenvalue weighted by molar-refractivity contribution is -0.135. The zero-order valence-corrected chi connectivity index (χ0v) is 8.75. The summed E-state index contributed by atoms with van der Waals surface area (Å²) in [5.41, 5.74) is 0. The van der Waals surface area contributed by atoms with E-state index >= 15 is 0 Å². The number of hydrogen-bond acceptors (Lipinski definition) is 3. The fraction of sp³-hybridized carbons (Fsp3) is 0.857. The van der Waals surface area contributed by atoms with Crippen molar-refractivity contribution in [1.82, 2.24) is 9.03 Å². The average molecular weight is 222 g/mol. The average Bonchev–Trinajstić information content (AvgIpc) is 2.49. The summed E-state index contributed by atoms with van der Waals surface area (Å²) in [6, 6.07) is 0. The molecule has 1 saturated heterocycles. The summed E-state index contributed by atoms with van der Waals surface area (Å²) in [6.45, 7) is 2.34. The van der Waals surface area contributed by atoms with Gasteiger partial charge >= 0.3 is 5.97 Å². The number of carboxylic acids is 1. The quantitative estimate of drug-likeness (QED) is 0.655. The highest BCUT2D eigenvalue weighted by Gasteiger charge is 2.29. The lowest BCUT2D eigenvalue weighted by Crippen LogP contribution is -2.41. The molecular formula is C7H14N2O4S. The zero-order chi connectivity index (χ0) is 10.8. The van der Waals surface area contributed by atoms with E-state index in [1.807, 2.05) is 11.6 Å². The van der Waals surface area contributed by atoms with E-state index < -0.39 is 22.7 Å². The van der Waals surface area contributed by atoms with Gasteiger partial charge in [0.2, 0.25) is 0 Å². The van der Waals surface area contributed by atoms with Crippen molar-refractivity contribution in [3.05, 3.63) is 0 Å². The van der Waals surface area contributed by atoms with Gasteiger partial charge in [-0.3, -0.25) is 4.79 Å². The maximum absolute atomic E-state index is 11.4. The van der Waals surface area contributed by atoms with E-state index in [2.05, 4.69) is 0 Å². The molecule has 1 heterocycles. The van der Waals surface area contributed by atoms with E-state index in [4.69, 9.17) is 5.11 Å². The first-order valence-corrected chi connectivity index (χ1v) is 5.82. The molecule has 1 aliphatic heterocycles. The van der Waals surface area contributed by atoms with Crippen LogP contribution in [0.5, 0.6) is 0 Å². The second kappa shape index (κ2) is 4.24. The van der Waals surface area contributed by atoms with E-state index in [-0.39, 0.29) is 0 Å². The smallest absolute Gasteiger partial charge is 0.318 e. The largest absolute Gasteiger partial charge is 0.480 e. The Bertz CT molecular complexity index is 314. The minimum absolute atomic E-state index is 0.344. The van der Waals surface area contributed by atoms with Crippen LogP contribution in [0.1, 0.15) is 13.3 Å². The van der Waals surface area contributed by atoms with Gasteiger partial charge in [0.25, 0.3) is 10.2 Å². The summed E-state index contributed by atoms with van der Waals surface area (Å²) in [5, 5.41) is 8.33. The van der Waals surface area contributed by atoms with Gasteiger partial charge in [-0.25, -0.2) is 0 Å². The van der Waals surface area contributed by atoms with Crippen LogP contribution in [0.25, 0.3) is 0 Å². The van der Waals surface area contributed by atoms with Crippen LogP contribution < -0.4 is 4.72 Å². The molecule has 0 radical (unpaired) electrons. The Kier molecular flexibility index (Phi) is 3.46. The Morgan fingerprint density at radius 1 is 1.64 bits per heavy atom. The van der Waals surface area contributed by atoms with Gasteiger partial charge in [-0.05, 0) is 12.3 Å². The van der Waals surface area contributed by atoms with Gasteiger partial charge in [-0.1, -0.05) is 6.92 Å². The Morgan fingerprint density at radius 3 is 2.71 bits per heavy atom. The van der Waals surface area contributed by atoms with E-state index in [0.29, 0.717) is 19.0 Å². The van der Waals surface area contributed by atoms with Crippen molar-refractivity contribution >= 4 is 16.2 Å². The van der Waals surface area contributed by atoms with Crippen LogP contribution in [-0.4, -0.2) is 43.4 Å². The summed E-state index contributed by atoms with van der Waals surface area (Å²) < 4.78 is 26.2. The van der Waals surface area contributed by atoms with Crippen molar-refractivity contribution in [2.24, 2.45) is 5.92 Å². The Morgan fingerprint density at radius 2 is 2.29 bits per heavy atom. The number of aliphatic carboxylic acids is 1. The predicted molar refractivity (Wildman–Crippen MR) is 49.9 cm³/mol. The van der Waals surface area contributed by atoms with Gasteiger partial charge < -0.3 is 5.11 Å². The van der Waals surface area contributed by atoms with Crippen molar-refractivity contribution in [2.45, 2.75) is 13.3 Å². The first-order valence-electron chi connectivity index (χ1n) is 4.38. The molecule has 0 bridgehead atoms. The van der Waals surface area contributed by atoms with E-state index in [1.165, 1.54) is 4.31 Å². The molecule has 0 aromatic heterocycles. The first-order chi connectivity index (χ1) is 6.42. The third kappa shape index (κ3) is 2.93. The molecule has 7 heteroatoms. The molecule has 0 saturated carbocycles. The topological polar surface area (TPSA) is 86.7 Å². The Labute approximate surface area is 83.1 Å². The highest BCUT2D eigenvalue weighted by atomic mass is 32.2. The van der Waals surface area contributed by atoms with Crippen molar-refractivity contribution in [1.29, 1.82) is 0 Å². The second-order valence-electron chi connectivity index (χ2n) is 3.47. The summed E-state index contributed by atoms with van der Waals surface area (Å²) in [4.78, 5) is 10.2. The maximum atomic E-state index is 11.4. The number of nitrogens with zero attached hydrogens (tertiary/aromatic N) is 1. The van der Waals surface area contributed by atoms with Gasteiger partial charge in [0.05, 0.1) is 0 Å². The highest BCUT2D eigenvalue weighted by Crippen LogP contribution is 2.17. The van der Waals surface area contributed by atoms with Crippen LogP contribution >= 0.6 is 0 Å². The van der Waals surface area contributed by atoms with Crippen LogP contribution in [0.15, 0.2) is 0 Å². The van der Waals surface area contributed by atoms with Gasteiger partial charge in [0.15, 0.2) is 0 Å². The molecule has 1 fully saturated rings. The van der Waals surface area contributed by atoms with Crippen LogP contribution in [0, 0.1) is 5.92 Å². The third-order valence-electron chi connectivity index (χ3n) is 2.13. The molecule has 0 aromatic rings. The number of hydrogen-bond donors (Lipinski definition) is 2. The SMILES string of the molecule is CC1CCN(S(=O)(=O)NCC(=O)O)C1. The summed E-state index contributed by atoms with van der Waals surface area (Å²) in [6.07, 6.45) is 0.827. The summed E-state index contributed by atoms with van der Waals surface area (Å²) in [5.74, 6) is -0.836. The van der Waals surface area contributed by atoms with Gasteiger partial charge in [-0.2, -0.15) is 17.4 Å². The molecule has 14 heavy (non-hydrogen) atoms.